The van der Waals surface area contributed by atoms with Crippen LogP contribution in [-0.2, 0) is 19.4 Å². The molecule has 0 saturated heterocycles. The molecule has 2 amide bonds. The first-order valence-electron chi connectivity index (χ1n) is 10.0. The summed E-state index contributed by atoms with van der Waals surface area (Å²) in [7, 11) is 0. The Kier molecular flexibility index (Phi) is 5.42. The molecule has 0 radical (unpaired) electrons. The molecular weight excluding hydrogens is 364 g/mol. The second kappa shape index (κ2) is 8.31. The van der Waals surface area contributed by atoms with Crippen molar-refractivity contribution < 1.29 is 9.59 Å². The molecule has 3 aromatic rings. The molecule has 1 aliphatic heterocycles. The Morgan fingerprint density at radius 1 is 0.931 bits per heavy atom. The molecule has 148 valence electrons. The molecule has 6 heteroatoms. The monoisotopic (exact) mass is 388 g/mol. The third kappa shape index (κ3) is 4.06. The van der Waals surface area contributed by atoms with Crippen molar-refractivity contribution in [3.8, 4) is 0 Å². The predicted molar refractivity (Wildman–Crippen MR) is 113 cm³/mol. The van der Waals surface area contributed by atoms with E-state index in [2.05, 4.69) is 22.5 Å². The lowest BCUT2D eigenvalue weighted by atomic mass is 10.1. The molecule has 29 heavy (non-hydrogen) atoms. The summed E-state index contributed by atoms with van der Waals surface area (Å²) in [5.41, 5.74) is 3.80. The van der Waals surface area contributed by atoms with Crippen molar-refractivity contribution in [1.82, 2.24) is 9.55 Å². The quantitative estimate of drug-likeness (QED) is 0.685. The van der Waals surface area contributed by atoms with Crippen molar-refractivity contribution in [2.45, 2.75) is 39.2 Å². The molecule has 1 aromatic heterocycles. The molecule has 0 fully saturated rings. The SMILES string of the molecule is CCc1ccc(NC(=O)c2nc(C(=O)Nc3ccccc3)c3n2CCCC3)cc1. The van der Waals surface area contributed by atoms with Crippen LogP contribution in [0, 0.1) is 0 Å². The van der Waals surface area contributed by atoms with Crippen LogP contribution in [0.2, 0.25) is 0 Å². The minimum Gasteiger partial charge on any atom is -0.323 e. The number of amides is 2. The van der Waals surface area contributed by atoms with Gasteiger partial charge in [-0.1, -0.05) is 37.3 Å². The van der Waals surface area contributed by atoms with E-state index in [0.29, 0.717) is 17.9 Å². The Morgan fingerprint density at radius 3 is 2.34 bits per heavy atom. The summed E-state index contributed by atoms with van der Waals surface area (Å²) in [6.07, 6.45) is 3.64. The topological polar surface area (TPSA) is 76.0 Å². The zero-order valence-corrected chi connectivity index (χ0v) is 16.4. The molecule has 0 unspecified atom stereocenters. The van der Waals surface area contributed by atoms with Gasteiger partial charge in [-0.2, -0.15) is 0 Å². The Hall–Kier alpha value is -3.41. The van der Waals surface area contributed by atoms with Crippen LogP contribution in [-0.4, -0.2) is 21.4 Å². The lowest BCUT2D eigenvalue weighted by Crippen LogP contribution is -2.21. The Bertz CT molecular complexity index is 1020. The van der Waals surface area contributed by atoms with E-state index in [-0.39, 0.29) is 17.6 Å². The smallest absolute Gasteiger partial charge is 0.291 e. The minimum absolute atomic E-state index is 0.284. The van der Waals surface area contributed by atoms with Gasteiger partial charge in [0.25, 0.3) is 11.8 Å². The van der Waals surface area contributed by atoms with Crippen LogP contribution in [0.4, 0.5) is 11.4 Å². The van der Waals surface area contributed by atoms with Gasteiger partial charge < -0.3 is 15.2 Å². The van der Waals surface area contributed by atoms with E-state index in [1.165, 1.54) is 5.56 Å². The molecule has 1 aliphatic rings. The van der Waals surface area contributed by atoms with Crippen molar-refractivity contribution in [3.63, 3.8) is 0 Å². The zero-order chi connectivity index (χ0) is 20.2. The fourth-order valence-corrected chi connectivity index (χ4v) is 3.62. The fourth-order valence-electron chi connectivity index (χ4n) is 3.62. The second-order valence-electron chi connectivity index (χ2n) is 7.16. The predicted octanol–water partition coefficient (Wildman–Crippen LogP) is 4.29. The highest BCUT2D eigenvalue weighted by molar-refractivity contribution is 6.07. The van der Waals surface area contributed by atoms with Crippen LogP contribution >= 0.6 is 0 Å². The molecule has 6 nitrogen and oxygen atoms in total. The number of imidazole rings is 1. The van der Waals surface area contributed by atoms with E-state index in [1.807, 2.05) is 59.2 Å². The van der Waals surface area contributed by atoms with E-state index in [9.17, 15) is 9.59 Å². The minimum atomic E-state index is -0.295. The van der Waals surface area contributed by atoms with Crippen molar-refractivity contribution in [2.24, 2.45) is 0 Å². The first-order chi connectivity index (χ1) is 14.2. The van der Waals surface area contributed by atoms with E-state index < -0.39 is 0 Å². The zero-order valence-electron chi connectivity index (χ0n) is 16.4. The summed E-state index contributed by atoms with van der Waals surface area (Å²) in [4.78, 5) is 30.2. The standard InChI is InChI=1S/C23H24N4O2/c1-2-16-11-13-18(14-12-16)25-23(29)21-26-20(19-10-6-7-15-27(19)21)22(28)24-17-8-4-3-5-9-17/h3-5,8-9,11-14H,2,6-7,10,15H2,1H3,(H,24,28)(H,25,29). The van der Waals surface area contributed by atoms with E-state index in [1.54, 1.807) is 0 Å². The van der Waals surface area contributed by atoms with Crippen molar-refractivity contribution in [2.75, 3.05) is 10.6 Å². The van der Waals surface area contributed by atoms with Gasteiger partial charge >= 0.3 is 0 Å². The molecule has 4 rings (SSSR count). The van der Waals surface area contributed by atoms with Gasteiger partial charge in [-0.3, -0.25) is 9.59 Å². The van der Waals surface area contributed by atoms with Gasteiger partial charge in [0.1, 0.15) is 0 Å². The maximum absolute atomic E-state index is 12.9. The number of nitrogens with one attached hydrogen (secondary N) is 2. The number of para-hydroxylation sites is 1. The summed E-state index contributed by atoms with van der Waals surface area (Å²) in [6, 6.07) is 17.0. The summed E-state index contributed by atoms with van der Waals surface area (Å²) >= 11 is 0. The number of aryl methyl sites for hydroxylation is 1. The summed E-state index contributed by atoms with van der Waals surface area (Å²) in [5.74, 6) is -0.290. The Morgan fingerprint density at radius 2 is 1.62 bits per heavy atom. The number of carbonyl (C=O) groups excluding carboxylic acids is 2. The fraction of sp³-hybridized carbons (Fsp3) is 0.261. The van der Waals surface area contributed by atoms with E-state index in [0.717, 1.165) is 37.1 Å². The molecule has 0 atom stereocenters. The van der Waals surface area contributed by atoms with Gasteiger partial charge in [-0.15, -0.1) is 0 Å². The number of fused-ring (bicyclic) bond motifs is 1. The van der Waals surface area contributed by atoms with Gasteiger partial charge in [0.05, 0.1) is 5.69 Å². The average Bonchev–Trinajstić information content (AvgIpc) is 3.15. The normalized spacial score (nSPS) is 12.9. The Labute approximate surface area is 170 Å². The van der Waals surface area contributed by atoms with E-state index in [4.69, 9.17) is 0 Å². The van der Waals surface area contributed by atoms with Gasteiger partial charge in [0.2, 0.25) is 0 Å². The number of rotatable bonds is 5. The highest BCUT2D eigenvalue weighted by Gasteiger charge is 2.27. The molecule has 0 bridgehead atoms. The first kappa shape index (κ1) is 18.9. The number of benzene rings is 2. The van der Waals surface area contributed by atoms with Gasteiger partial charge in [-0.25, -0.2) is 4.98 Å². The molecule has 0 spiro atoms. The van der Waals surface area contributed by atoms with E-state index >= 15 is 0 Å². The van der Waals surface area contributed by atoms with Crippen LogP contribution in [0.15, 0.2) is 54.6 Å². The summed E-state index contributed by atoms with van der Waals surface area (Å²) in [6.45, 7) is 2.78. The van der Waals surface area contributed by atoms with Crippen LogP contribution in [0.5, 0.6) is 0 Å². The third-order valence-electron chi connectivity index (χ3n) is 5.19. The number of aromatic nitrogens is 2. The number of hydrogen-bond acceptors (Lipinski definition) is 3. The first-order valence-corrected chi connectivity index (χ1v) is 10.0. The third-order valence-corrected chi connectivity index (χ3v) is 5.19. The molecule has 0 saturated carbocycles. The number of carbonyl (C=O) groups is 2. The van der Waals surface area contributed by atoms with Crippen molar-refractivity contribution in [1.29, 1.82) is 0 Å². The largest absolute Gasteiger partial charge is 0.323 e. The maximum Gasteiger partial charge on any atom is 0.291 e. The van der Waals surface area contributed by atoms with Crippen molar-refractivity contribution in [3.05, 3.63) is 77.4 Å². The summed E-state index contributed by atoms with van der Waals surface area (Å²) < 4.78 is 1.89. The number of anilines is 2. The molecule has 2 aromatic carbocycles. The maximum atomic E-state index is 12.9. The van der Waals surface area contributed by atoms with Crippen LogP contribution < -0.4 is 10.6 Å². The second-order valence-corrected chi connectivity index (χ2v) is 7.16. The highest BCUT2D eigenvalue weighted by Crippen LogP contribution is 2.23. The summed E-state index contributed by atoms with van der Waals surface area (Å²) in [5, 5.41) is 5.78. The molecule has 2 N–H and O–H groups in total. The molecule has 2 heterocycles. The van der Waals surface area contributed by atoms with Crippen molar-refractivity contribution >= 4 is 23.2 Å². The van der Waals surface area contributed by atoms with Gasteiger partial charge in [-0.05, 0) is 55.5 Å². The van der Waals surface area contributed by atoms with Gasteiger partial charge in [0.15, 0.2) is 11.5 Å². The van der Waals surface area contributed by atoms with Gasteiger partial charge in [0, 0.05) is 17.9 Å². The Balaban J connectivity index is 1.60. The number of hydrogen-bond donors (Lipinski definition) is 2. The lowest BCUT2D eigenvalue weighted by molar-refractivity contribution is 0.101. The average molecular weight is 388 g/mol. The van der Waals surface area contributed by atoms with Crippen LogP contribution in [0.3, 0.4) is 0 Å². The van der Waals surface area contributed by atoms with Crippen LogP contribution in [0.25, 0.3) is 0 Å². The van der Waals surface area contributed by atoms with Crippen LogP contribution in [0.1, 0.15) is 52.1 Å². The molecule has 0 aliphatic carbocycles. The highest BCUT2D eigenvalue weighted by atomic mass is 16.2. The lowest BCUT2D eigenvalue weighted by Gasteiger charge is -2.17. The number of nitrogens with zero attached hydrogens (tertiary/aromatic N) is 2. The molecular formula is C23H24N4O2.